The molecule has 7 nitrogen and oxygen atoms in total. The van der Waals surface area contributed by atoms with Crippen LogP contribution in [-0.2, 0) is 14.3 Å². The number of aliphatic hydroxyl groups excluding tert-OH is 1. The molecule has 0 aromatic heterocycles. The summed E-state index contributed by atoms with van der Waals surface area (Å²) in [4.78, 5) is 30.2. The number of benzene rings is 2. The van der Waals surface area contributed by atoms with Crippen LogP contribution in [0.3, 0.4) is 0 Å². The third kappa shape index (κ3) is 5.86. The van der Waals surface area contributed by atoms with Gasteiger partial charge in [0.1, 0.15) is 11.5 Å². The van der Waals surface area contributed by atoms with Crippen molar-refractivity contribution < 1.29 is 24.2 Å². The Hall–Kier alpha value is -2.87. The third-order valence-electron chi connectivity index (χ3n) is 6.36. The van der Waals surface area contributed by atoms with Gasteiger partial charge in [-0.25, -0.2) is 0 Å². The van der Waals surface area contributed by atoms with E-state index in [9.17, 15) is 14.7 Å². The number of halogens is 1. The first-order chi connectivity index (χ1) is 17.0. The Morgan fingerprint density at radius 2 is 1.86 bits per heavy atom. The fourth-order valence-electron chi connectivity index (χ4n) is 4.40. The number of hydrogen-bond donors (Lipinski definition) is 1. The van der Waals surface area contributed by atoms with Crippen LogP contribution >= 0.6 is 11.6 Å². The first-order valence-electron chi connectivity index (χ1n) is 12.1. The molecule has 1 amide bonds. The quantitative estimate of drug-likeness (QED) is 0.241. The second-order valence-corrected chi connectivity index (χ2v) is 9.16. The number of rotatable bonds is 9. The van der Waals surface area contributed by atoms with Crippen molar-refractivity contribution in [3.05, 3.63) is 70.3 Å². The van der Waals surface area contributed by atoms with E-state index in [2.05, 4.69) is 11.8 Å². The first-order valence-corrected chi connectivity index (χ1v) is 12.4. The second-order valence-electron chi connectivity index (χ2n) is 8.73. The van der Waals surface area contributed by atoms with Crippen molar-refractivity contribution in [1.82, 2.24) is 9.80 Å². The Morgan fingerprint density at radius 1 is 1.11 bits per heavy atom. The van der Waals surface area contributed by atoms with E-state index in [1.165, 1.54) is 0 Å². The van der Waals surface area contributed by atoms with Crippen LogP contribution in [0, 0.1) is 0 Å². The number of carbonyl (C=O) groups excluding carboxylic acids is 2. The van der Waals surface area contributed by atoms with Crippen LogP contribution in [0.4, 0.5) is 0 Å². The van der Waals surface area contributed by atoms with Gasteiger partial charge in [-0.3, -0.25) is 14.5 Å². The average molecular weight is 499 g/mol. The van der Waals surface area contributed by atoms with Crippen LogP contribution in [-0.4, -0.2) is 72.6 Å². The van der Waals surface area contributed by atoms with Crippen molar-refractivity contribution in [1.29, 1.82) is 0 Å². The lowest BCUT2D eigenvalue weighted by Gasteiger charge is -2.31. The molecule has 0 saturated carbocycles. The molecule has 1 unspecified atom stereocenters. The van der Waals surface area contributed by atoms with E-state index < -0.39 is 17.7 Å². The first kappa shape index (κ1) is 25.2. The number of likely N-dealkylation sites (tertiary alicyclic amines) is 1. The molecule has 0 aliphatic carbocycles. The van der Waals surface area contributed by atoms with Crippen molar-refractivity contribution >= 4 is 29.1 Å². The number of hydrogen-bond acceptors (Lipinski definition) is 6. The van der Waals surface area contributed by atoms with Crippen molar-refractivity contribution in [3.8, 4) is 5.75 Å². The number of carbonyl (C=O) groups is 2. The van der Waals surface area contributed by atoms with Gasteiger partial charge in [0, 0.05) is 36.8 Å². The van der Waals surface area contributed by atoms with Gasteiger partial charge >= 0.3 is 0 Å². The van der Waals surface area contributed by atoms with Gasteiger partial charge in [0.2, 0.25) is 0 Å². The van der Waals surface area contributed by atoms with Crippen molar-refractivity contribution in [2.24, 2.45) is 0 Å². The van der Waals surface area contributed by atoms with Crippen LogP contribution in [0.2, 0.25) is 5.02 Å². The summed E-state index contributed by atoms with van der Waals surface area (Å²) >= 11 is 6.01. The molecule has 1 atom stereocenters. The SMILES string of the molecule is CCCCOc1cccc(C2C(=C(O)c3ccc(Cl)cc3)C(=O)C(=O)N2CCN2CCOCC2)c1. The van der Waals surface area contributed by atoms with E-state index in [1.54, 1.807) is 29.2 Å². The van der Waals surface area contributed by atoms with E-state index >= 15 is 0 Å². The standard InChI is InChI=1S/C27H31ClN2O5/c1-2-3-15-35-22-6-4-5-20(18-22)24-23(25(31)19-7-9-21(28)10-8-19)26(32)27(33)30(24)12-11-29-13-16-34-17-14-29/h4-10,18,24,31H,2-3,11-17H2,1H3. The molecule has 0 radical (unpaired) electrons. The summed E-state index contributed by atoms with van der Waals surface area (Å²) in [5.74, 6) is -0.852. The summed E-state index contributed by atoms with van der Waals surface area (Å²) < 4.78 is 11.3. The number of unbranched alkanes of at least 4 members (excludes halogenated alkanes) is 1. The second kappa shape index (κ2) is 11.7. The van der Waals surface area contributed by atoms with Crippen molar-refractivity contribution in [2.45, 2.75) is 25.8 Å². The van der Waals surface area contributed by atoms with E-state index in [1.807, 2.05) is 24.3 Å². The fraction of sp³-hybridized carbons (Fsp3) is 0.407. The molecule has 2 fully saturated rings. The van der Waals surface area contributed by atoms with E-state index in [0.717, 1.165) is 31.5 Å². The Labute approximate surface area is 210 Å². The highest BCUT2D eigenvalue weighted by atomic mass is 35.5. The Bertz CT molecular complexity index is 1080. The zero-order valence-corrected chi connectivity index (χ0v) is 20.7. The molecule has 2 aromatic rings. The fourth-order valence-corrected chi connectivity index (χ4v) is 4.53. The minimum Gasteiger partial charge on any atom is -0.507 e. The molecule has 2 aliphatic heterocycles. The summed E-state index contributed by atoms with van der Waals surface area (Å²) in [6, 6.07) is 13.3. The lowest BCUT2D eigenvalue weighted by molar-refractivity contribution is -0.140. The van der Waals surface area contributed by atoms with Gasteiger partial charge in [-0.2, -0.15) is 0 Å². The van der Waals surface area contributed by atoms with Crippen LogP contribution < -0.4 is 4.74 Å². The Kier molecular flexibility index (Phi) is 8.44. The van der Waals surface area contributed by atoms with E-state index in [-0.39, 0.29) is 11.3 Å². The van der Waals surface area contributed by atoms with Crippen LogP contribution in [0.15, 0.2) is 54.1 Å². The number of ketones is 1. The predicted molar refractivity (Wildman–Crippen MR) is 135 cm³/mol. The average Bonchev–Trinajstić information content (AvgIpc) is 3.13. The highest BCUT2D eigenvalue weighted by molar-refractivity contribution is 6.46. The minimum atomic E-state index is -0.721. The summed E-state index contributed by atoms with van der Waals surface area (Å²) in [6.07, 6.45) is 1.95. The van der Waals surface area contributed by atoms with Gasteiger partial charge in [-0.05, 0) is 48.4 Å². The zero-order chi connectivity index (χ0) is 24.8. The lowest BCUT2D eigenvalue weighted by atomic mass is 9.95. The normalized spacial score (nSPS) is 20.4. The van der Waals surface area contributed by atoms with Crippen molar-refractivity contribution in [2.75, 3.05) is 46.0 Å². The topological polar surface area (TPSA) is 79.3 Å². The van der Waals surface area contributed by atoms with Gasteiger partial charge in [0.05, 0.1) is 31.4 Å². The predicted octanol–water partition coefficient (Wildman–Crippen LogP) is 4.27. The summed E-state index contributed by atoms with van der Waals surface area (Å²) in [5, 5.41) is 11.7. The van der Waals surface area contributed by atoms with Crippen molar-refractivity contribution in [3.63, 3.8) is 0 Å². The molecule has 35 heavy (non-hydrogen) atoms. The van der Waals surface area contributed by atoms with Gasteiger partial charge in [-0.1, -0.05) is 37.1 Å². The number of aliphatic hydroxyl groups is 1. The third-order valence-corrected chi connectivity index (χ3v) is 6.61. The van der Waals surface area contributed by atoms with Crippen LogP contribution in [0.25, 0.3) is 5.76 Å². The summed E-state index contributed by atoms with van der Waals surface area (Å²) in [6.45, 7) is 6.50. The smallest absolute Gasteiger partial charge is 0.295 e. The Morgan fingerprint density at radius 3 is 2.57 bits per heavy atom. The summed E-state index contributed by atoms with van der Waals surface area (Å²) in [5.41, 5.74) is 1.22. The molecular weight excluding hydrogens is 468 g/mol. The number of morpholine rings is 1. The number of ether oxygens (including phenoxy) is 2. The molecule has 0 spiro atoms. The van der Waals surface area contributed by atoms with Gasteiger partial charge in [-0.15, -0.1) is 0 Å². The largest absolute Gasteiger partial charge is 0.507 e. The van der Waals surface area contributed by atoms with Crippen LogP contribution in [0.5, 0.6) is 5.75 Å². The number of Topliss-reactive ketones (excluding diaryl/α,β-unsaturated/α-hetero) is 1. The molecule has 2 aliphatic rings. The molecule has 2 aromatic carbocycles. The lowest BCUT2D eigenvalue weighted by Crippen LogP contribution is -2.42. The maximum Gasteiger partial charge on any atom is 0.295 e. The summed E-state index contributed by atoms with van der Waals surface area (Å²) in [7, 11) is 0. The maximum absolute atomic E-state index is 13.2. The highest BCUT2D eigenvalue weighted by Crippen LogP contribution is 2.40. The molecule has 4 rings (SSSR count). The Balaban J connectivity index is 1.71. The highest BCUT2D eigenvalue weighted by Gasteiger charge is 2.46. The molecule has 186 valence electrons. The van der Waals surface area contributed by atoms with E-state index in [4.69, 9.17) is 21.1 Å². The maximum atomic E-state index is 13.2. The zero-order valence-electron chi connectivity index (χ0n) is 19.9. The minimum absolute atomic E-state index is 0.0741. The molecule has 1 N–H and O–H groups in total. The molecule has 2 heterocycles. The van der Waals surface area contributed by atoms with Gasteiger partial charge < -0.3 is 19.5 Å². The molecule has 8 heteroatoms. The number of nitrogens with zero attached hydrogens (tertiary/aromatic N) is 2. The number of amides is 1. The molecule has 0 bridgehead atoms. The monoisotopic (exact) mass is 498 g/mol. The van der Waals surface area contributed by atoms with Crippen LogP contribution in [0.1, 0.15) is 36.9 Å². The van der Waals surface area contributed by atoms with Gasteiger partial charge in [0.25, 0.3) is 11.7 Å². The van der Waals surface area contributed by atoms with Gasteiger partial charge in [0.15, 0.2) is 0 Å². The van der Waals surface area contributed by atoms with E-state index in [0.29, 0.717) is 49.2 Å². The molecule has 2 saturated heterocycles. The molecular formula is C27H31ClN2O5.